The molecule has 0 aromatic heterocycles. The van der Waals surface area contributed by atoms with Gasteiger partial charge in [0.05, 0.1) is 11.7 Å². The third-order valence-corrected chi connectivity index (χ3v) is 7.91. The zero-order valence-electron chi connectivity index (χ0n) is 21.2. The SMILES string of the molecule is C[C@H](c1ccc(Cl)cc1)N1C(=O)C=C(c2ccccc2Br)N(CCCCC(=O)O)C(=O)[C@@H]1c1ccc(Cl)cc1. The van der Waals surface area contributed by atoms with Crippen molar-refractivity contribution in [2.75, 3.05) is 6.54 Å². The van der Waals surface area contributed by atoms with E-state index in [0.29, 0.717) is 39.7 Å². The number of carboxylic acids is 1. The Morgan fingerprint density at radius 3 is 2.18 bits per heavy atom. The normalized spacial score (nSPS) is 16.6. The van der Waals surface area contributed by atoms with Gasteiger partial charge in [0, 0.05) is 39.1 Å². The zero-order chi connectivity index (χ0) is 28.1. The van der Waals surface area contributed by atoms with Crippen molar-refractivity contribution < 1.29 is 19.5 Å². The summed E-state index contributed by atoms with van der Waals surface area (Å²) in [6.45, 7) is 2.13. The molecule has 0 bridgehead atoms. The summed E-state index contributed by atoms with van der Waals surface area (Å²) in [6.07, 6.45) is 2.34. The molecule has 0 unspecified atom stereocenters. The first-order valence-corrected chi connectivity index (χ1v) is 14.0. The van der Waals surface area contributed by atoms with Gasteiger partial charge >= 0.3 is 5.97 Å². The molecule has 39 heavy (non-hydrogen) atoms. The third-order valence-electron chi connectivity index (χ3n) is 6.71. The summed E-state index contributed by atoms with van der Waals surface area (Å²) in [5.74, 6) is -1.51. The lowest BCUT2D eigenvalue weighted by Gasteiger charge is -2.36. The first-order chi connectivity index (χ1) is 18.7. The van der Waals surface area contributed by atoms with E-state index in [2.05, 4.69) is 15.9 Å². The average Bonchev–Trinajstić information content (AvgIpc) is 3.01. The van der Waals surface area contributed by atoms with E-state index in [1.54, 1.807) is 46.2 Å². The molecule has 0 spiro atoms. The number of nitrogens with zero attached hydrogens (tertiary/aromatic N) is 2. The molecule has 1 heterocycles. The fourth-order valence-electron chi connectivity index (χ4n) is 4.72. The number of unbranched alkanes of at least 4 members (excludes halogenated alkanes) is 1. The monoisotopic (exact) mass is 628 g/mol. The predicted octanol–water partition coefficient (Wildman–Crippen LogP) is 7.53. The zero-order valence-corrected chi connectivity index (χ0v) is 24.3. The third kappa shape index (κ3) is 6.72. The molecule has 0 saturated carbocycles. The fraction of sp³-hybridized carbons (Fsp3) is 0.233. The minimum Gasteiger partial charge on any atom is -0.481 e. The van der Waals surface area contributed by atoms with E-state index in [1.165, 1.54) is 6.08 Å². The second-order valence-electron chi connectivity index (χ2n) is 9.28. The van der Waals surface area contributed by atoms with E-state index in [9.17, 15) is 14.4 Å². The van der Waals surface area contributed by atoms with Gasteiger partial charge < -0.3 is 14.9 Å². The van der Waals surface area contributed by atoms with Crippen LogP contribution in [0.25, 0.3) is 5.70 Å². The highest BCUT2D eigenvalue weighted by molar-refractivity contribution is 9.10. The summed E-state index contributed by atoms with van der Waals surface area (Å²) < 4.78 is 0.731. The smallest absolute Gasteiger partial charge is 0.303 e. The first-order valence-electron chi connectivity index (χ1n) is 12.5. The molecular formula is C30H27BrCl2N2O4. The Labute approximate surface area is 246 Å². The topological polar surface area (TPSA) is 77.9 Å². The van der Waals surface area contributed by atoms with E-state index < -0.39 is 18.1 Å². The molecule has 1 aliphatic rings. The van der Waals surface area contributed by atoms with Gasteiger partial charge in [0.1, 0.15) is 6.04 Å². The standard InChI is InChI=1S/C30H27BrCl2N2O4/c1-19(20-9-13-22(32)14-10-20)35-27(36)18-26(24-6-2-3-7-25(24)31)34(17-5-4-8-28(37)38)30(39)29(35)21-11-15-23(33)16-12-21/h2-3,6-7,9-16,18-19,29H,4-5,8,17H2,1H3,(H,37,38)/t19-,29+/m1/s1. The Bertz CT molecular complexity index is 1390. The van der Waals surface area contributed by atoms with Crippen LogP contribution in [-0.2, 0) is 14.4 Å². The summed E-state index contributed by atoms with van der Waals surface area (Å²) in [6, 6.07) is 20.1. The first kappa shape index (κ1) is 28.9. The maximum Gasteiger partial charge on any atom is 0.303 e. The minimum absolute atomic E-state index is 0.00458. The molecule has 0 radical (unpaired) electrons. The number of amides is 2. The summed E-state index contributed by atoms with van der Waals surface area (Å²) in [4.78, 5) is 42.9. The van der Waals surface area contributed by atoms with Crippen molar-refractivity contribution in [2.45, 2.75) is 38.3 Å². The number of carboxylic acid groups (broad SMARTS) is 1. The van der Waals surface area contributed by atoms with Gasteiger partial charge in [-0.3, -0.25) is 14.4 Å². The van der Waals surface area contributed by atoms with Crippen LogP contribution >= 0.6 is 39.1 Å². The Morgan fingerprint density at radius 1 is 0.949 bits per heavy atom. The van der Waals surface area contributed by atoms with Crippen molar-refractivity contribution in [2.24, 2.45) is 0 Å². The van der Waals surface area contributed by atoms with Crippen molar-refractivity contribution in [1.29, 1.82) is 0 Å². The predicted molar refractivity (Wildman–Crippen MR) is 156 cm³/mol. The maximum atomic E-state index is 14.5. The maximum absolute atomic E-state index is 14.5. The molecule has 0 saturated heterocycles. The number of hydrogen-bond acceptors (Lipinski definition) is 3. The van der Waals surface area contributed by atoms with E-state index in [-0.39, 0.29) is 24.8 Å². The van der Waals surface area contributed by atoms with Crippen molar-refractivity contribution in [1.82, 2.24) is 9.80 Å². The Morgan fingerprint density at radius 2 is 1.56 bits per heavy atom. The number of rotatable bonds is 9. The van der Waals surface area contributed by atoms with Gasteiger partial charge in [-0.15, -0.1) is 0 Å². The lowest BCUT2D eigenvalue weighted by molar-refractivity contribution is -0.142. The summed E-state index contributed by atoms with van der Waals surface area (Å²) >= 11 is 15.9. The molecule has 6 nitrogen and oxygen atoms in total. The van der Waals surface area contributed by atoms with Gasteiger partial charge in [0.25, 0.3) is 5.91 Å². The second kappa shape index (κ2) is 12.8. The second-order valence-corrected chi connectivity index (χ2v) is 11.0. The molecule has 202 valence electrons. The van der Waals surface area contributed by atoms with Crippen LogP contribution in [0.2, 0.25) is 10.0 Å². The lowest BCUT2D eigenvalue weighted by atomic mass is 9.99. The Hall–Kier alpha value is -3.13. The lowest BCUT2D eigenvalue weighted by Crippen LogP contribution is -2.43. The molecule has 3 aromatic rings. The van der Waals surface area contributed by atoms with Crippen LogP contribution in [0.1, 0.15) is 55.0 Å². The summed E-state index contributed by atoms with van der Waals surface area (Å²) in [7, 11) is 0. The van der Waals surface area contributed by atoms with Crippen molar-refractivity contribution in [3.63, 3.8) is 0 Å². The van der Waals surface area contributed by atoms with Gasteiger partial charge in [-0.2, -0.15) is 0 Å². The highest BCUT2D eigenvalue weighted by Crippen LogP contribution is 2.39. The van der Waals surface area contributed by atoms with Gasteiger partial charge in [-0.25, -0.2) is 0 Å². The molecule has 9 heteroatoms. The van der Waals surface area contributed by atoms with Crippen LogP contribution in [0.3, 0.4) is 0 Å². The molecule has 2 atom stereocenters. The summed E-state index contributed by atoms with van der Waals surface area (Å²) in [5, 5.41) is 10.2. The quantitative estimate of drug-likeness (QED) is 0.248. The molecule has 0 fully saturated rings. The summed E-state index contributed by atoms with van der Waals surface area (Å²) in [5.41, 5.74) is 2.59. The molecule has 2 amide bonds. The largest absolute Gasteiger partial charge is 0.481 e. The van der Waals surface area contributed by atoms with Crippen LogP contribution in [0.15, 0.2) is 83.3 Å². The number of carbonyl (C=O) groups excluding carboxylic acids is 2. The highest BCUT2D eigenvalue weighted by Gasteiger charge is 2.41. The molecule has 4 rings (SSSR count). The van der Waals surface area contributed by atoms with Gasteiger partial charge in [-0.1, -0.05) is 81.6 Å². The van der Waals surface area contributed by atoms with E-state index in [4.69, 9.17) is 28.3 Å². The average molecular weight is 630 g/mol. The van der Waals surface area contributed by atoms with Gasteiger partial charge in [-0.05, 0) is 61.2 Å². The molecule has 1 aliphatic heterocycles. The van der Waals surface area contributed by atoms with Gasteiger partial charge in [0.2, 0.25) is 5.91 Å². The number of benzene rings is 3. The van der Waals surface area contributed by atoms with Crippen molar-refractivity contribution >= 4 is 62.6 Å². The molecule has 0 aliphatic carbocycles. The van der Waals surface area contributed by atoms with Crippen LogP contribution < -0.4 is 0 Å². The Kier molecular flexibility index (Phi) is 9.49. The minimum atomic E-state index is -0.948. The van der Waals surface area contributed by atoms with E-state index in [1.807, 2.05) is 43.3 Å². The number of carbonyl (C=O) groups is 3. The van der Waals surface area contributed by atoms with Gasteiger partial charge in [0.15, 0.2) is 0 Å². The number of hydrogen-bond donors (Lipinski definition) is 1. The number of aliphatic carboxylic acids is 1. The van der Waals surface area contributed by atoms with Crippen LogP contribution in [-0.4, -0.2) is 39.2 Å². The molecule has 3 aromatic carbocycles. The molecule has 1 N–H and O–H groups in total. The Balaban J connectivity index is 1.86. The van der Waals surface area contributed by atoms with Crippen molar-refractivity contribution in [3.8, 4) is 0 Å². The van der Waals surface area contributed by atoms with Crippen molar-refractivity contribution in [3.05, 3.63) is 110 Å². The van der Waals surface area contributed by atoms with E-state index >= 15 is 0 Å². The fourth-order valence-corrected chi connectivity index (χ4v) is 5.46. The van der Waals surface area contributed by atoms with Crippen LogP contribution in [0.4, 0.5) is 0 Å². The highest BCUT2D eigenvalue weighted by atomic mass is 79.9. The van der Waals surface area contributed by atoms with Crippen LogP contribution in [0, 0.1) is 0 Å². The van der Waals surface area contributed by atoms with Crippen LogP contribution in [0.5, 0.6) is 0 Å². The van der Waals surface area contributed by atoms with E-state index in [0.717, 1.165) is 10.0 Å². The molecular weight excluding hydrogens is 603 g/mol. The number of halogens is 3.